The van der Waals surface area contributed by atoms with Gasteiger partial charge in [-0.1, -0.05) is 27.7 Å². The third-order valence-corrected chi connectivity index (χ3v) is 4.32. The van der Waals surface area contributed by atoms with Crippen molar-refractivity contribution in [2.24, 2.45) is 5.92 Å². The summed E-state index contributed by atoms with van der Waals surface area (Å²) in [7, 11) is 0. The number of nitrogens with zero attached hydrogens (tertiary/aromatic N) is 2. The Bertz CT molecular complexity index is 492. The van der Waals surface area contributed by atoms with E-state index in [2.05, 4.69) is 0 Å². The Balaban J connectivity index is 0.00000127. The molecule has 0 bridgehead atoms. The highest BCUT2D eigenvalue weighted by Crippen LogP contribution is 2.37. The summed E-state index contributed by atoms with van der Waals surface area (Å²) in [6.45, 7) is 9.09. The zero-order valence-electron chi connectivity index (χ0n) is 14.1. The molecule has 0 spiro atoms. The number of alkyl halides is 3. The molecule has 0 unspecified atom stereocenters. The number of aromatic nitrogens is 1. The van der Waals surface area contributed by atoms with Crippen molar-refractivity contribution in [2.45, 2.75) is 57.0 Å². The van der Waals surface area contributed by atoms with Gasteiger partial charge < -0.3 is 9.47 Å². The first-order valence-electron chi connectivity index (χ1n) is 7.98. The van der Waals surface area contributed by atoms with Gasteiger partial charge >= 0.3 is 5.51 Å². The van der Waals surface area contributed by atoms with Crippen molar-refractivity contribution < 1.29 is 18.0 Å². The molecule has 2 heterocycles. The number of hydrogen-bond acceptors (Lipinski definition) is 2. The monoisotopic (exact) mass is 350 g/mol. The van der Waals surface area contributed by atoms with Crippen molar-refractivity contribution in [3.8, 4) is 0 Å². The summed E-state index contributed by atoms with van der Waals surface area (Å²) < 4.78 is 38.8. The van der Waals surface area contributed by atoms with E-state index in [4.69, 9.17) is 0 Å². The maximum atomic E-state index is 12.3. The molecule has 1 aliphatic rings. The van der Waals surface area contributed by atoms with Crippen molar-refractivity contribution in [2.75, 3.05) is 13.1 Å². The van der Waals surface area contributed by atoms with E-state index in [9.17, 15) is 18.0 Å². The van der Waals surface area contributed by atoms with Crippen LogP contribution in [0.15, 0.2) is 23.4 Å². The lowest BCUT2D eigenvalue weighted by Crippen LogP contribution is -2.40. The van der Waals surface area contributed by atoms with Crippen LogP contribution in [0.4, 0.5) is 13.2 Å². The lowest BCUT2D eigenvalue weighted by atomic mass is 10.0. The van der Waals surface area contributed by atoms with Gasteiger partial charge in [-0.25, -0.2) is 0 Å². The largest absolute Gasteiger partial charge is 0.446 e. The highest BCUT2D eigenvalue weighted by molar-refractivity contribution is 8.00. The minimum Gasteiger partial charge on any atom is -0.350 e. The first-order valence-corrected chi connectivity index (χ1v) is 8.80. The number of halogens is 3. The van der Waals surface area contributed by atoms with Crippen molar-refractivity contribution in [1.82, 2.24) is 9.47 Å². The van der Waals surface area contributed by atoms with Crippen LogP contribution < -0.4 is 0 Å². The average molecular weight is 350 g/mol. The molecular weight excluding hydrogens is 325 g/mol. The molecule has 23 heavy (non-hydrogen) atoms. The number of carbonyl (C=O) groups excluding carboxylic acids is 1. The molecule has 1 amide bonds. The van der Waals surface area contributed by atoms with Gasteiger partial charge in [-0.2, -0.15) is 13.2 Å². The third kappa shape index (κ3) is 6.12. The van der Waals surface area contributed by atoms with Crippen LogP contribution in [-0.2, 0) is 4.79 Å². The molecule has 0 aromatic carbocycles. The fourth-order valence-electron chi connectivity index (χ4n) is 2.56. The molecule has 1 saturated heterocycles. The van der Waals surface area contributed by atoms with Crippen LogP contribution in [0.25, 0.3) is 0 Å². The second-order valence-electron chi connectivity index (χ2n) is 5.55. The fraction of sp³-hybridized carbons (Fsp3) is 0.688. The van der Waals surface area contributed by atoms with Crippen LogP contribution in [0.2, 0.25) is 0 Å². The molecule has 7 heteroatoms. The molecule has 2 rings (SSSR count). The third-order valence-electron chi connectivity index (χ3n) is 3.61. The van der Waals surface area contributed by atoms with E-state index in [-0.39, 0.29) is 34.5 Å². The first-order chi connectivity index (χ1) is 10.8. The van der Waals surface area contributed by atoms with E-state index in [0.29, 0.717) is 13.1 Å². The quantitative estimate of drug-likeness (QED) is 0.721. The Morgan fingerprint density at radius 3 is 2.30 bits per heavy atom. The Hall–Kier alpha value is -1.11. The van der Waals surface area contributed by atoms with Crippen LogP contribution in [0.3, 0.4) is 0 Å². The molecule has 3 nitrogen and oxygen atoms in total. The predicted octanol–water partition coefficient (Wildman–Crippen LogP) is 4.95. The molecule has 1 fully saturated rings. The molecule has 1 aromatic heterocycles. The number of likely N-dealkylation sites (tertiary alicyclic amines) is 1. The van der Waals surface area contributed by atoms with E-state index in [1.807, 2.05) is 37.2 Å². The highest BCUT2D eigenvalue weighted by Gasteiger charge is 2.30. The molecule has 0 saturated carbocycles. The van der Waals surface area contributed by atoms with Gasteiger partial charge in [0.1, 0.15) is 0 Å². The summed E-state index contributed by atoms with van der Waals surface area (Å²) in [6.07, 6.45) is 4.80. The SMILES string of the molecule is CC.CC(C)C(=O)N1CCC(n2ccc(SC(F)(F)F)c2)CC1. The van der Waals surface area contributed by atoms with E-state index in [0.717, 1.165) is 12.8 Å². The summed E-state index contributed by atoms with van der Waals surface area (Å²) in [4.78, 5) is 13.9. The van der Waals surface area contributed by atoms with Crippen molar-refractivity contribution in [3.05, 3.63) is 18.5 Å². The minimum atomic E-state index is -4.25. The number of rotatable bonds is 3. The maximum absolute atomic E-state index is 12.3. The lowest BCUT2D eigenvalue weighted by Gasteiger charge is -2.33. The number of carbonyl (C=O) groups is 1. The first kappa shape index (κ1) is 19.9. The summed E-state index contributed by atoms with van der Waals surface area (Å²) in [5.41, 5.74) is -4.25. The van der Waals surface area contributed by atoms with E-state index in [1.165, 1.54) is 6.07 Å². The Kier molecular flexibility index (Phi) is 7.51. The Morgan fingerprint density at radius 2 is 1.83 bits per heavy atom. The van der Waals surface area contributed by atoms with Gasteiger partial charge in [0, 0.05) is 42.3 Å². The Morgan fingerprint density at radius 1 is 1.26 bits per heavy atom. The van der Waals surface area contributed by atoms with Crippen LogP contribution in [0.1, 0.15) is 46.6 Å². The maximum Gasteiger partial charge on any atom is 0.446 e. The average Bonchev–Trinajstić information content (AvgIpc) is 2.95. The predicted molar refractivity (Wildman–Crippen MR) is 87.4 cm³/mol. The molecule has 0 radical (unpaired) electrons. The van der Waals surface area contributed by atoms with Crippen LogP contribution in [0, 0.1) is 5.92 Å². The molecule has 0 aliphatic carbocycles. The molecule has 0 N–H and O–H groups in total. The van der Waals surface area contributed by atoms with E-state index >= 15 is 0 Å². The van der Waals surface area contributed by atoms with Gasteiger partial charge in [-0.15, -0.1) is 0 Å². The molecule has 0 atom stereocenters. The summed E-state index contributed by atoms with van der Waals surface area (Å²) in [6, 6.07) is 1.66. The van der Waals surface area contributed by atoms with E-state index in [1.54, 1.807) is 12.4 Å². The second-order valence-corrected chi connectivity index (χ2v) is 6.69. The normalized spacial score (nSPS) is 16.3. The van der Waals surface area contributed by atoms with Crippen LogP contribution in [-0.4, -0.2) is 34.0 Å². The van der Waals surface area contributed by atoms with Crippen molar-refractivity contribution in [1.29, 1.82) is 0 Å². The molecule has 1 aliphatic heterocycles. The van der Waals surface area contributed by atoms with Gasteiger partial charge in [0.15, 0.2) is 0 Å². The smallest absolute Gasteiger partial charge is 0.350 e. The highest BCUT2D eigenvalue weighted by atomic mass is 32.2. The van der Waals surface area contributed by atoms with E-state index < -0.39 is 5.51 Å². The van der Waals surface area contributed by atoms with Gasteiger partial charge in [-0.05, 0) is 30.7 Å². The zero-order valence-corrected chi connectivity index (χ0v) is 14.9. The topological polar surface area (TPSA) is 25.2 Å². The number of piperidine rings is 1. The summed E-state index contributed by atoms with van der Waals surface area (Å²) in [5, 5.41) is 0. The number of hydrogen-bond donors (Lipinski definition) is 0. The van der Waals surface area contributed by atoms with Gasteiger partial charge in [0.2, 0.25) is 5.91 Å². The standard InChI is InChI=1S/C14H19F3N2OS.C2H6/c1-10(2)13(20)18-6-3-11(4-7-18)19-8-5-12(9-19)21-14(15,16)17;1-2/h5,8-11H,3-4,6-7H2,1-2H3;1-2H3. The van der Waals surface area contributed by atoms with Crippen molar-refractivity contribution >= 4 is 17.7 Å². The zero-order chi connectivity index (χ0) is 17.6. The second kappa shape index (κ2) is 8.66. The van der Waals surface area contributed by atoms with Gasteiger partial charge in [0.05, 0.1) is 0 Å². The van der Waals surface area contributed by atoms with Crippen LogP contribution in [0.5, 0.6) is 0 Å². The number of thioether (sulfide) groups is 1. The van der Waals surface area contributed by atoms with Crippen LogP contribution >= 0.6 is 11.8 Å². The molecule has 1 aromatic rings. The van der Waals surface area contributed by atoms with Crippen molar-refractivity contribution in [3.63, 3.8) is 0 Å². The summed E-state index contributed by atoms with van der Waals surface area (Å²) in [5.74, 6) is 0.136. The Labute approximate surface area is 140 Å². The van der Waals surface area contributed by atoms with Gasteiger partial charge in [0.25, 0.3) is 0 Å². The molecule has 132 valence electrons. The molecular formula is C16H25F3N2OS. The number of amides is 1. The van der Waals surface area contributed by atoms with Gasteiger partial charge in [-0.3, -0.25) is 4.79 Å². The fourth-order valence-corrected chi connectivity index (χ4v) is 3.13. The summed E-state index contributed by atoms with van der Waals surface area (Å²) >= 11 is -0.0904. The minimum absolute atomic E-state index is 0.0112. The lowest BCUT2D eigenvalue weighted by molar-refractivity contribution is -0.135.